The van der Waals surface area contributed by atoms with Crippen molar-refractivity contribution in [1.29, 1.82) is 0 Å². The molecule has 0 unspecified atom stereocenters. The number of halogens is 1. The zero-order valence-electron chi connectivity index (χ0n) is 12.9. The average molecular weight is 403 g/mol. The van der Waals surface area contributed by atoms with E-state index in [4.69, 9.17) is 16.7 Å². The number of sulfonamides is 1. The van der Waals surface area contributed by atoms with E-state index >= 15 is 0 Å². The number of aromatic nitrogens is 4. The van der Waals surface area contributed by atoms with Crippen LogP contribution in [0.1, 0.15) is 6.42 Å². The molecule has 0 saturated heterocycles. The second kappa shape index (κ2) is 7.30. The lowest BCUT2D eigenvalue weighted by Crippen LogP contribution is -2.14. The fourth-order valence-electron chi connectivity index (χ4n) is 2.37. The van der Waals surface area contributed by atoms with Crippen LogP contribution in [0.2, 0.25) is 5.02 Å². The molecule has 0 amide bonds. The third-order valence-electron chi connectivity index (χ3n) is 3.52. The van der Waals surface area contributed by atoms with Crippen LogP contribution in [0.25, 0.3) is 11.4 Å². The van der Waals surface area contributed by atoms with Crippen molar-refractivity contribution in [2.24, 2.45) is 5.14 Å². The molecule has 0 bridgehead atoms. The Kier molecular flexibility index (Phi) is 5.29. The summed E-state index contributed by atoms with van der Waals surface area (Å²) in [7, 11) is -4.03. The maximum absolute atomic E-state index is 11.8. The minimum Gasteiger partial charge on any atom is -0.380 e. The van der Waals surface area contributed by atoms with Crippen LogP contribution in [-0.2, 0) is 16.8 Å². The molecule has 12 heteroatoms. The van der Waals surface area contributed by atoms with Gasteiger partial charge < -0.3 is 10.4 Å². The lowest BCUT2D eigenvalue weighted by atomic mass is 10.1. The molecule has 4 N–H and O–H groups in total. The summed E-state index contributed by atoms with van der Waals surface area (Å²) in [6.45, 7) is 0.0967. The first-order valence-electron chi connectivity index (χ1n) is 7.19. The van der Waals surface area contributed by atoms with Crippen LogP contribution in [0, 0.1) is 0 Å². The lowest BCUT2D eigenvalue weighted by molar-refractivity contribution is 0.194. The van der Waals surface area contributed by atoms with Gasteiger partial charge in [-0.05, 0) is 33.9 Å². The zero-order chi connectivity index (χ0) is 18.0. The third kappa shape index (κ3) is 3.96. The molecule has 0 fully saturated rings. The Hall–Kier alpha value is -1.66. The Morgan fingerprint density at radius 2 is 2.24 bits per heavy atom. The van der Waals surface area contributed by atoms with E-state index < -0.39 is 16.8 Å². The number of rotatable bonds is 6. The van der Waals surface area contributed by atoms with E-state index in [1.54, 1.807) is 11.8 Å². The predicted octanol–water partition coefficient (Wildman–Crippen LogP) is 1.02. The molecule has 3 rings (SSSR count). The second-order valence-electron chi connectivity index (χ2n) is 5.18. The van der Waals surface area contributed by atoms with E-state index in [-0.39, 0.29) is 15.7 Å². The predicted molar refractivity (Wildman–Crippen MR) is 95.5 cm³/mol. The van der Waals surface area contributed by atoms with Gasteiger partial charge in [-0.3, -0.25) is 0 Å². The number of anilines is 1. The molecule has 1 aromatic heterocycles. The first-order valence-corrected chi connectivity index (χ1v) is 10.1. The van der Waals surface area contributed by atoms with Gasteiger partial charge in [0.05, 0.1) is 5.02 Å². The SMILES string of the molecule is NS(=O)(=O)c1cc(-c2nnnn2CO)c(NCC2=CCCS2)cc1Cl. The van der Waals surface area contributed by atoms with Gasteiger partial charge in [-0.25, -0.2) is 13.6 Å². The summed E-state index contributed by atoms with van der Waals surface area (Å²) in [6, 6.07) is 2.77. The van der Waals surface area contributed by atoms with Gasteiger partial charge in [0.25, 0.3) is 0 Å². The van der Waals surface area contributed by atoms with Crippen molar-refractivity contribution in [1.82, 2.24) is 20.2 Å². The summed E-state index contributed by atoms with van der Waals surface area (Å²) in [5.41, 5.74) is 0.909. The fraction of sp³-hybridized carbons (Fsp3) is 0.308. The lowest BCUT2D eigenvalue weighted by Gasteiger charge is -2.14. The van der Waals surface area contributed by atoms with Crippen molar-refractivity contribution in [3.05, 3.63) is 28.1 Å². The molecule has 1 aromatic carbocycles. The summed E-state index contributed by atoms with van der Waals surface area (Å²) in [6.07, 6.45) is 3.15. The van der Waals surface area contributed by atoms with E-state index in [1.807, 2.05) is 0 Å². The number of allylic oxidation sites excluding steroid dienone is 1. The summed E-state index contributed by atoms with van der Waals surface area (Å²) in [5.74, 6) is 1.23. The fourth-order valence-corrected chi connectivity index (χ4v) is 4.38. The van der Waals surface area contributed by atoms with Crippen LogP contribution >= 0.6 is 23.4 Å². The van der Waals surface area contributed by atoms with Crippen molar-refractivity contribution >= 4 is 39.1 Å². The number of primary sulfonamides is 1. The Bertz CT molecular complexity index is 928. The van der Waals surface area contributed by atoms with Crippen LogP contribution in [0.15, 0.2) is 28.0 Å². The number of hydrogen-bond donors (Lipinski definition) is 3. The van der Waals surface area contributed by atoms with Gasteiger partial charge in [-0.15, -0.1) is 16.9 Å². The van der Waals surface area contributed by atoms with E-state index in [9.17, 15) is 13.5 Å². The monoisotopic (exact) mass is 402 g/mol. The molecule has 134 valence electrons. The molecular weight excluding hydrogens is 388 g/mol. The van der Waals surface area contributed by atoms with Gasteiger partial charge in [0, 0.05) is 23.5 Å². The van der Waals surface area contributed by atoms with Gasteiger partial charge in [-0.2, -0.15) is 4.68 Å². The Labute approximate surface area is 153 Å². The summed E-state index contributed by atoms with van der Waals surface area (Å²) in [5, 5.41) is 28.8. The third-order valence-corrected chi connectivity index (χ3v) is 6.01. The Morgan fingerprint density at radius 1 is 1.44 bits per heavy atom. The van der Waals surface area contributed by atoms with Crippen molar-refractivity contribution < 1.29 is 13.5 Å². The van der Waals surface area contributed by atoms with E-state index in [1.165, 1.54) is 17.0 Å². The topological polar surface area (TPSA) is 136 Å². The van der Waals surface area contributed by atoms with Gasteiger partial charge in [-0.1, -0.05) is 17.7 Å². The Morgan fingerprint density at radius 3 is 2.88 bits per heavy atom. The van der Waals surface area contributed by atoms with Crippen molar-refractivity contribution in [3.63, 3.8) is 0 Å². The molecule has 1 aliphatic rings. The maximum atomic E-state index is 11.8. The quantitative estimate of drug-likeness (QED) is 0.651. The molecule has 0 saturated carbocycles. The largest absolute Gasteiger partial charge is 0.380 e. The summed E-state index contributed by atoms with van der Waals surface area (Å²) < 4.78 is 24.7. The molecule has 0 aliphatic carbocycles. The van der Waals surface area contributed by atoms with Crippen LogP contribution < -0.4 is 10.5 Å². The van der Waals surface area contributed by atoms with Gasteiger partial charge in [0.2, 0.25) is 10.0 Å². The molecule has 9 nitrogen and oxygen atoms in total. The molecule has 25 heavy (non-hydrogen) atoms. The molecule has 0 spiro atoms. The van der Waals surface area contributed by atoms with Gasteiger partial charge in [0.15, 0.2) is 5.82 Å². The highest BCUT2D eigenvalue weighted by Gasteiger charge is 2.21. The van der Waals surface area contributed by atoms with E-state index in [0.29, 0.717) is 17.8 Å². The highest BCUT2D eigenvalue weighted by Crippen LogP contribution is 2.34. The number of hydrogen-bond acceptors (Lipinski definition) is 8. The minimum absolute atomic E-state index is 0.00942. The molecule has 2 heterocycles. The van der Waals surface area contributed by atoms with E-state index in [0.717, 1.165) is 16.9 Å². The first-order chi connectivity index (χ1) is 11.9. The number of nitrogens with two attached hydrogens (primary N) is 1. The smallest absolute Gasteiger partial charge is 0.239 e. The molecule has 0 atom stereocenters. The highest BCUT2D eigenvalue weighted by molar-refractivity contribution is 8.03. The normalized spacial score (nSPS) is 14.6. The van der Waals surface area contributed by atoms with Gasteiger partial charge >= 0.3 is 0 Å². The number of aliphatic hydroxyl groups is 1. The van der Waals surface area contributed by atoms with Crippen LogP contribution in [0.3, 0.4) is 0 Å². The molecule has 2 aromatic rings. The Balaban J connectivity index is 2.07. The zero-order valence-corrected chi connectivity index (χ0v) is 15.3. The van der Waals surface area contributed by atoms with Crippen LogP contribution in [0.5, 0.6) is 0 Å². The number of nitrogens with one attached hydrogen (secondary N) is 1. The van der Waals surface area contributed by atoms with E-state index in [2.05, 4.69) is 26.9 Å². The maximum Gasteiger partial charge on any atom is 0.239 e. The number of aliphatic hydroxyl groups excluding tert-OH is 1. The second-order valence-corrected chi connectivity index (χ2v) is 8.34. The van der Waals surface area contributed by atoms with Crippen molar-refractivity contribution in [2.45, 2.75) is 18.0 Å². The minimum atomic E-state index is -4.03. The van der Waals surface area contributed by atoms with Crippen molar-refractivity contribution in [3.8, 4) is 11.4 Å². The summed E-state index contributed by atoms with van der Waals surface area (Å²) in [4.78, 5) is 0.941. The number of benzene rings is 1. The van der Waals surface area contributed by atoms with Crippen molar-refractivity contribution in [2.75, 3.05) is 17.6 Å². The molecule has 0 radical (unpaired) electrons. The summed E-state index contributed by atoms with van der Waals surface area (Å²) >= 11 is 7.84. The van der Waals surface area contributed by atoms with Crippen LogP contribution in [0.4, 0.5) is 5.69 Å². The number of tetrazole rings is 1. The molecule has 1 aliphatic heterocycles. The number of thioether (sulfide) groups is 1. The standard InChI is InChI=1S/C13H15ClN6O3S2/c14-10-5-11(16-6-8-2-1-3-24-8)9(4-12(10)25(15,22)23)13-17-18-19-20(13)7-21/h2,4-5,16,21H,1,3,6-7H2,(H2,15,22,23). The van der Waals surface area contributed by atoms with Crippen LogP contribution in [-0.4, -0.2) is 46.0 Å². The van der Waals surface area contributed by atoms with Gasteiger partial charge in [0.1, 0.15) is 11.6 Å². The highest BCUT2D eigenvalue weighted by atomic mass is 35.5. The average Bonchev–Trinajstić information content (AvgIpc) is 3.23. The first kappa shape index (κ1) is 18.1. The molecular formula is C13H15ClN6O3S2. The number of nitrogens with zero attached hydrogens (tertiary/aromatic N) is 4.